The molecule has 1 aliphatic carbocycles. The van der Waals surface area contributed by atoms with Gasteiger partial charge in [-0.3, -0.25) is 0 Å². The predicted octanol–water partition coefficient (Wildman–Crippen LogP) is 4.99. The highest BCUT2D eigenvalue weighted by atomic mass is 127. The van der Waals surface area contributed by atoms with E-state index in [1.54, 1.807) is 12.1 Å². The molecule has 2 aromatic carbocycles. The Balaban J connectivity index is 1.86. The van der Waals surface area contributed by atoms with Gasteiger partial charge in [-0.15, -0.1) is 0 Å². The van der Waals surface area contributed by atoms with Crippen LogP contribution < -0.4 is 5.32 Å². The SMILES string of the molecule is Fc1ccc(C(Nc2ccccc2I)C2CC2)cc1. The predicted molar refractivity (Wildman–Crippen MR) is 84.6 cm³/mol. The van der Waals surface area contributed by atoms with E-state index in [-0.39, 0.29) is 11.9 Å². The van der Waals surface area contributed by atoms with Gasteiger partial charge in [-0.2, -0.15) is 0 Å². The molecule has 1 nitrogen and oxygen atoms in total. The summed E-state index contributed by atoms with van der Waals surface area (Å²) in [6.45, 7) is 0. The van der Waals surface area contributed by atoms with Gasteiger partial charge in [0.25, 0.3) is 0 Å². The van der Waals surface area contributed by atoms with Gasteiger partial charge in [0.15, 0.2) is 0 Å². The second-order valence-corrected chi connectivity index (χ2v) is 6.15. The van der Waals surface area contributed by atoms with Crippen LogP contribution in [-0.4, -0.2) is 0 Å². The van der Waals surface area contributed by atoms with E-state index in [2.05, 4.69) is 40.0 Å². The summed E-state index contributed by atoms with van der Waals surface area (Å²) in [5.41, 5.74) is 2.33. The van der Waals surface area contributed by atoms with Crippen LogP contribution in [0, 0.1) is 15.3 Å². The first-order valence-corrected chi connectivity index (χ1v) is 7.58. The van der Waals surface area contributed by atoms with Crippen LogP contribution in [0.3, 0.4) is 0 Å². The number of para-hydroxylation sites is 1. The summed E-state index contributed by atoms with van der Waals surface area (Å²) in [6, 6.07) is 15.4. The number of anilines is 1. The lowest BCUT2D eigenvalue weighted by molar-refractivity contribution is 0.622. The van der Waals surface area contributed by atoms with Gasteiger partial charge in [0.05, 0.1) is 6.04 Å². The fraction of sp³-hybridized carbons (Fsp3) is 0.250. The third-order valence-corrected chi connectivity index (χ3v) is 4.45. The van der Waals surface area contributed by atoms with Gasteiger partial charge >= 0.3 is 0 Å². The highest BCUT2D eigenvalue weighted by Gasteiger charge is 2.32. The van der Waals surface area contributed by atoms with Crippen molar-refractivity contribution in [3.63, 3.8) is 0 Å². The molecule has 2 aromatic rings. The molecule has 0 amide bonds. The van der Waals surface area contributed by atoms with Gasteiger partial charge < -0.3 is 5.32 Å². The number of hydrogen-bond acceptors (Lipinski definition) is 1. The minimum Gasteiger partial charge on any atom is -0.377 e. The molecule has 1 fully saturated rings. The Bertz CT molecular complexity index is 563. The fourth-order valence-electron chi connectivity index (χ4n) is 2.32. The lowest BCUT2D eigenvalue weighted by Crippen LogP contribution is -2.13. The Kier molecular flexibility index (Phi) is 3.73. The van der Waals surface area contributed by atoms with Crippen LogP contribution in [-0.2, 0) is 0 Å². The van der Waals surface area contributed by atoms with Gasteiger partial charge in [-0.05, 0) is 71.2 Å². The molecule has 3 heteroatoms. The summed E-state index contributed by atoms with van der Waals surface area (Å²) in [5.74, 6) is 0.494. The van der Waals surface area contributed by atoms with Gasteiger partial charge in [-0.1, -0.05) is 24.3 Å². The van der Waals surface area contributed by atoms with E-state index in [9.17, 15) is 4.39 Å². The zero-order valence-corrected chi connectivity index (χ0v) is 12.6. The number of rotatable bonds is 4. The van der Waals surface area contributed by atoms with Crippen LogP contribution >= 0.6 is 22.6 Å². The molecule has 1 unspecified atom stereocenters. The molecule has 0 bridgehead atoms. The van der Waals surface area contributed by atoms with E-state index in [0.717, 1.165) is 5.69 Å². The first-order chi connectivity index (χ1) is 9.24. The van der Waals surface area contributed by atoms with Crippen molar-refractivity contribution in [2.75, 3.05) is 5.32 Å². The third kappa shape index (κ3) is 3.08. The molecular formula is C16H15FIN. The van der Waals surface area contributed by atoms with Crippen molar-refractivity contribution in [1.82, 2.24) is 0 Å². The third-order valence-electron chi connectivity index (χ3n) is 3.51. The van der Waals surface area contributed by atoms with Crippen molar-refractivity contribution in [3.8, 4) is 0 Å². The maximum atomic E-state index is 13.0. The molecule has 98 valence electrons. The van der Waals surface area contributed by atoms with Gasteiger partial charge in [0.1, 0.15) is 5.82 Å². The summed E-state index contributed by atoms with van der Waals surface area (Å²) >= 11 is 2.34. The monoisotopic (exact) mass is 367 g/mol. The van der Waals surface area contributed by atoms with E-state index in [0.29, 0.717) is 5.92 Å². The molecular weight excluding hydrogens is 352 g/mol. The summed E-state index contributed by atoms with van der Waals surface area (Å²) in [4.78, 5) is 0. The molecule has 0 aliphatic heterocycles. The van der Waals surface area contributed by atoms with Crippen LogP contribution in [0.4, 0.5) is 10.1 Å². The smallest absolute Gasteiger partial charge is 0.123 e. The van der Waals surface area contributed by atoms with Crippen LogP contribution in [0.25, 0.3) is 0 Å². The normalized spacial score (nSPS) is 16.1. The van der Waals surface area contributed by atoms with Crippen molar-refractivity contribution < 1.29 is 4.39 Å². The second-order valence-electron chi connectivity index (χ2n) is 4.99. The lowest BCUT2D eigenvalue weighted by atomic mass is 10.0. The van der Waals surface area contributed by atoms with Crippen molar-refractivity contribution in [3.05, 3.63) is 63.5 Å². The Labute approximate surface area is 126 Å². The lowest BCUT2D eigenvalue weighted by Gasteiger charge is -2.21. The van der Waals surface area contributed by atoms with Crippen LogP contribution in [0.15, 0.2) is 48.5 Å². The molecule has 1 N–H and O–H groups in total. The molecule has 0 aromatic heterocycles. The van der Waals surface area contributed by atoms with E-state index >= 15 is 0 Å². The zero-order valence-electron chi connectivity index (χ0n) is 10.4. The van der Waals surface area contributed by atoms with Crippen molar-refractivity contribution in [2.24, 2.45) is 5.92 Å². The Hall–Kier alpha value is -1.10. The first kappa shape index (κ1) is 12.9. The maximum absolute atomic E-state index is 13.0. The number of halogens is 2. The quantitative estimate of drug-likeness (QED) is 0.751. The molecule has 0 heterocycles. The van der Waals surface area contributed by atoms with E-state index in [1.165, 1.54) is 22.0 Å². The summed E-state index contributed by atoms with van der Waals surface area (Å²) in [6.07, 6.45) is 2.50. The molecule has 3 rings (SSSR count). The zero-order chi connectivity index (χ0) is 13.2. The topological polar surface area (TPSA) is 12.0 Å². The molecule has 1 aliphatic rings. The summed E-state index contributed by atoms with van der Waals surface area (Å²) in [7, 11) is 0. The van der Waals surface area contributed by atoms with E-state index in [4.69, 9.17) is 0 Å². The highest BCUT2D eigenvalue weighted by Crippen LogP contribution is 2.43. The van der Waals surface area contributed by atoms with Crippen molar-refractivity contribution in [2.45, 2.75) is 18.9 Å². The summed E-state index contributed by atoms with van der Waals surface area (Å²) in [5, 5.41) is 3.62. The maximum Gasteiger partial charge on any atom is 0.123 e. The minimum absolute atomic E-state index is 0.174. The fourth-order valence-corrected chi connectivity index (χ4v) is 2.86. The largest absolute Gasteiger partial charge is 0.377 e. The average molecular weight is 367 g/mol. The number of nitrogens with one attached hydrogen (secondary N) is 1. The molecule has 1 atom stereocenters. The summed E-state index contributed by atoms with van der Waals surface area (Å²) < 4.78 is 14.3. The van der Waals surface area contributed by atoms with Crippen LogP contribution in [0.1, 0.15) is 24.4 Å². The number of hydrogen-bond donors (Lipinski definition) is 1. The molecule has 0 saturated heterocycles. The Morgan fingerprint density at radius 2 is 1.74 bits per heavy atom. The molecule has 0 spiro atoms. The van der Waals surface area contributed by atoms with Crippen molar-refractivity contribution in [1.29, 1.82) is 0 Å². The second kappa shape index (κ2) is 5.49. The van der Waals surface area contributed by atoms with E-state index in [1.807, 2.05) is 24.3 Å². The van der Waals surface area contributed by atoms with E-state index < -0.39 is 0 Å². The van der Waals surface area contributed by atoms with Gasteiger partial charge in [-0.25, -0.2) is 4.39 Å². The van der Waals surface area contributed by atoms with Gasteiger partial charge in [0.2, 0.25) is 0 Å². The molecule has 1 saturated carbocycles. The minimum atomic E-state index is -0.174. The number of benzene rings is 2. The molecule has 19 heavy (non-hydrogen) atoms. The van der Waals surface area contributed by atoms with Crippen molar-refractivity contribution >= 4 is 28.3 Å². The Morgan fingerprint density at radius 1 is 1.05 bits per heavy atom. The van der Waals surface area contributed by atoms with Crippen LogP contribution in [0.2, 0.25) is 0 Å². The average Bonchev–Trinajstić information content (AvgIpc) is 3.24. The first-order valence-electron chi connectivity index (χ1n) is 6.50. The Morgan fingerprint density at radius 3 is 2.37 bits per heavy atom. The van der Waals surface area contributed by atoms with Gasteiger partial charge in [0, 0.05) is 9.26 Å². The van der Waals surface area contributed by atoms with Crippen LogP contribution in [0.5, 0.6) is 0 Å². The highest BCUT2D eigenvalue weighted by molar-refractivity contribution is 14.1. The molecule has 0 radical (unpaired) electrons. The standard InChI is InChI=1S/C16H15FIN/c17-13-9-7-12(8-10-13)16(11-5-6-11)19-15-4-2-1-3-14(15)18/h1-4,7-11,16,19H,5-6H2.